The topological polar surface area (TPSA) is 25.1 Å². The highest BCUT2D eigenvalue weighted by Gasteiger charge is 2.18. The van der Waals surface area contributed by atoms with Crippen LogP contribution in [0.4, 0.5) is 0 Å². The average Bonchev–Trinajstić information content (AvgIpc) is 2.65. The fraction of sp³-hybridized carbons (Fsp3) is 0.261. The van der Waals surface area contributed by atoms with Gasteiger partial charge >= 0.3 is 0 Å². The molecule has 2 aromatic rings. The molecule has 0 saturated carbocycles. The van der Waals surface area contributed by atoms with Crippen LogP contribution in [-0.2, 0) is 4.74 Å². The molecule has 3 heteroatoms. The van der Waals surface area contributed by atoms with Gasteiger partial charge in [0.2, 0.25) is 5.69 Å². The van der Waals surface area contributed by atoms with Gasteiger partial charge in [-0.15, -0.1) is 0 Å². The van der Waals surface area contributed by atoms with E-state index in [1.54, 1.807) is 0 Å². The molecule has 1 atom stereocenters. The minimum atomic E-state index is 0.358. The Morgan fingerprint density at radius 2 is 1.88 bits per heavy atom. The fourth-order valence-electron chi connectivity index (χ4n) is 3.08. The van der Waals surface area contributed by atoms with Crippen LogP contribution in [0.3, 0.4) is 0 Å². The summed E-state index contributed by atoms with van der Waals surface area (Å²) in [6.07, 6.45) is 6.55. The number of fused-ring (bicyclic) bond motifs is 1. The lowest BCUT2D eigenvalue weighted by molar-refractivity contribution is -0.570. The second kappa shape index (κ2) is 7.61. The molecule has 0 aliphatic carbocycles. The lowest BCUT2D eigenvalue weighted by Gasteiger charge is -2.13. The van der Waals surface area contributed by atoms with Crippen molar-refractivity contribution in [2.75, 3.05) is 6.54 Å². The number of aryl methyl sites for hydroxylation is 1. The van der Waals surface area contributed by atoms with Crippen LogP contribution in [0.15, 0.2) is 66.9 Å². The summed E-state index contributed by atoms with van der Waals surface area (Å²) in [6, 6.07) is 12.8. The first-order valence-electron chi connectivity index (χ1n) is 9.03. The monoisotopic (exact) mass is 347 g/mol. The molecular formula is C23H27N2O+. The van der Waals surface area contributed by atoms with E-state index in [1.165, 1.54) is 16.7 Å². The number of ether oxygens (including phenoxy) is 1. The summed E-state index contributed by atoms with van der Waals surface area (Å²) in [6.45, 7) is 13.1. The van der Waals surface area contributed by atoms with Gasteiger partial charge in [0.05, 0.1) is 5.57 Å². The number of hydrogen-bond acceptors (Lipinski definition) is 2. The quantitative estimate of drug-likeness (QED) is 0.743. The molecule has 0 spiro atoms. The maximum atomic E-state index is 5.87. The third-order valence-corrected chi connectivity index (χ3v) is 4.82. The number of nitrogens with zero attached hydrogens (tertiary/aromatic N) is 1. The molecule has 1 aliphatic heterocycles. The molecule has 3 rings (SSSR count). The lowest BCUT2D eigenvalue weighted by Crippen LogP contribution is -2.31. The van der Waals surface area contributed by atoms with Crippen molar-refractivity contribution in [2.45, 2.75) is 27.7 Å². The first-order valence-corrected chi connectivity index (χ1v) is 9.03. The number of nitrogens with one attached hydrogen (secondary N) is 1. The van der Waals surface area contributed by atoms with Crippen LogP contribution < -0.4 is 9.88 Å². The molecule has 0 bridgehead atoms. The number of rotatable bonds is 1. The largest absolute Gasteiger partial charge is 0.446 e. The molecule has 3 nitrogen and oxygen atoms in total. The van der Waals surface area contributed by atoms with E-state index in [0.717, 1.165) is 23.6 Å². The van der Waals surface area contributed by atoms with Crippen molar-refractivity contribution in [3.63, 3.8) is 0 Å². The molecule has 0 fully saturated rings. The third kappa shape index (κ3) is 3.88. The molecule has 26 heavy (non-hydrogen) atoms. The zero-order valence-corrected chi connectivity index (χ0v) is 16.0. The summed E-state index contributed by atoms with van der Waals surface area (Å²) in [7, 11) is 0. The van der Waals surface area contributed by atoms with Crippen LogP contribution >= 0.6 is 0 Å². The van der Waals surface area contributed by atoms with Gasteiger partial charge in [-0.2, -0.15) is 4.57 Å². The molecule has 1 aromatic heterocycles. The Labute approximate surface area is 156 Å². The molecule has 0 unspecified atom stereocenters. The third-order valence-electron chi connectivity index (χ3n) is 4.82. The van der Waals surface area contributed by atoms with Gasteiger partial charge in [-0.25, -0.2) is 0 Å². The maximum absolute atomic E-state index is 5.87. The lowest BCUT2D eigenvalue weighted by atomic mass is 10.0. The minimum Gasteiger partial charge on any atom is -0.446 e. The molecule has 134 valence electrons. The highest BCUT2D eigenvalue weighted by molar-refractivity contribution is 5.68. The highest BCUT2D eigenvalue weighted by atomic mass is 16.5. The Kier molecular flexibility index (Phi) is 5.27. The Balaban J connectivity index is 2.14. The zero-order valence-electron chi connectivity index (χ0n) is 16.0. The first kappa shape index (κ1) is 18.0. The molecule has 0 saturated heterocycles. The smallest absolute Gasteiger partial charge is 0.216 e. The Morgan fingerprint density at radius 1 is 1.12 bits per heavy atom. The van der Waals surface area contributed by atoms with Crippen LogP contribution in [-0.4, -0.2) is 6.54 Å². The summed E-state index contributed by atoms with van der Waals surface area (Å²) in [5.41, 5.74) is 5.92. The summed E-state index contributed by atoms with van der Waals surface area (Å²) in [5, 5.41) is 3.24. The minimum absolute atomic E-state index is 0.358. The van der Waals surface area contributed by atoms with E-state index in [4.69, 9.17) is 4.74 Å². The number of aromatic nitrogens is 1. The molecule has 1 aliphatic rings. The summed E-state index contributed by atoms with van der Waals surface area (Å²) >= 11 is 0. The van der Waals surface area contributed by atoms with E-state index >= 15 is 0 Å². The first-order chi connectivity index (χ1) is 12.5. The van der Waals surface area contributed by atoms with E-state index < -0.39 is 0 Å². The van der Waals surface area contributed by atoms with E-state index in [1.807, 2.05) is 6.92 Å². The fourth-order valence-corrected chi connectivity index (χ4v) is 3.08. The van der Waals surface area contributed by atoms with E-state index in [9.17, 15) is 0 Å². The van der Waals surface area contributed by atoms with Crippen LogP contribution in [0.2, 0.25) is 0 Å². The molecular weight excluding hydrogens is 320 g/mol. The predicted octanol–water partition coefficient (Wildman–Crippen LogP) is 4.90. The van der Waals surface area contributed by atoms with Crippen LogP contribution in [0.5, 0.6) is 0 Å². The van der Waals surface area contributed by atoms with Gasteiger partial charge in [0.15, 0.2) is 18.3 Å². The summed E-state index contributed by atoms with van der Waals surface area (Å²) in [5.74, 6) is 1.80. The number of allylic oxidation sites excluding steroid dienone is 2. The normalized spacial score (nSPS) is 21.8. The standard InChI is InChI=1S/C23H27N2O/c1-16-12-13-25-15-21(22-9-7-6-8-17(22)2)10-11-23(25)18(3)19(4)26-20(5)24-14-16/h6-13,15-16,24H,5,14H2,1-4H3/q+1/b13-12-,19-18-/t16-/m1/s1. The Morgan fingerprint density at radius 3 is 2.65 bits per heavy atom. The highest BCUT2D eigenvalue weighted by Crippen LogP contribution is 2.24. The van der Waals surface area contributed by atoms with Crippen molar-refractivity contribution in [1.29, 1.82) is 0 Å². The molecule has 0 radical (unpaired) electrons. The predicted molar refractivity (Wildman–Crippen MR) is 108 cm³/mol. The van der Waals surface area contributed by atoms with Gasteiger partial charge in [-0.3, -0.25) is 0 Å². The van der Waals surface area contributed by atoms with Crippen molar-refractivity contribution >= 4 is 11.8 Å². The van der Waals surface area contributed by atoms with Crippen molar-refractivity contribution < 1.29 is 9.30 Å². The Bertz CT molecular complexity index is 893. The van der Waals surface area contributed by atoms with Gasteiger partial charge in [0.1, 0.15) is 5.76 Å². The maximum Gasteiger partial charge on any atom is 0.216 e. The van der Waals surface area contributed by atoms with Gasteiger partial charge in [0.25, 0.3) is 0 Å². The van der Waals surface area contributed by atoms with Crippen molar-refractivity contribution in [2.24, 2.45) is 5.92 Å². The van der Waals surface area contributed by atoms with Crippen LogP contribution in [0.1, 0.15) is 32.0 Å². The van der Waals surface area contributed by atoms with Gasteiger partial charge in [0, 0.05) is 18.2 Å². The van der Waals surface area contributed by atoms with E-state index in [-0.39, 0.29) is 0 Å². The van der Waals surface area contributed by atoms with Gasteiger partial charge in [-0.1, -0.05) is 31.2 Å². The van der Waals surface area contributed by atoms with Crippen molar-refractivity contribution in [3.8, 4) is 11.1 Å². The molecule has 1 N–H and O–H groups in total. The number of benzene rings is 1. The van der Waals surface area contributed by atoms with Crippen molar-refractivity contribution in [1.82, 2.24) is 5.32 Å². The SMILES string of the molecule is C=C1NC[C@H](C)/C=C\[n+]2cc(-c3ccccc3C)ccc2/C(C)=C(/C)O1. The number of pyridine rings is 1. The summed E-state index contributed by atoms with van der Waals surface area (Å²) in [4.78, 5) is 0. The zero-order chi connectivity index (χ0) is 18.7. The van der Waals surface area contributed by atoms with E-state index in [0.29, 0.717) is 11.8 Å². The van der Waals surface area contributed by atoms with Crippen LogP contribution in [0, 0.1) is 12.8 Å². The Hall–Kier alpha value is -2.81. The summed E-state index contributed by atoms with van der Waals surface area (Å²) < 4.78 is 8.06. The molecule has 0 amide bonds. The average molecular weight is 347 g/mol. The van der Waals surface area contributed by atoms with Crippen molar-refractivity contribution in [3.05, 3.63) is 78.1 Å². The molecule has 2 heterocycles. The number of hydrogen-bond donors (Lipinski definition) is 1. The second-order valence-corrected chi connectivity index (χ2v) is 6.93. The van der Waals surface area contributed by atoms with Gasteiger partial charge < -0.3 is 10.1 Å². The van der Waals surface area contributed by atoms with E-state index in [2.05, 4.69) is 92.1 Å². The molecule has 1 aromatic carbocycles. The second-order valence-electron chi connectivity index (χ2n) is 6.93. The van der Waals surface area contributed by atoms with Gasteiger partial charge in [-0.05, 0) is 56.5 Å². The van der Waals surface area contributed by atoms with Crippen LogP contribution in [0.25, 0.3) is 22.9 Å².